The predicted octanol–water partition coefficient (Wildman–Crippen LogP) is 3.08. The normalized spacial score (nSPS) is 80.5. The predicted molar refractivity (Wildman–Crippen MR) is 51.1 cm³/mol. The van der Waals surface area contributed by atoms with Crippen molar-refractivity contribution in [1.82, 2.24) is 0 Å². The molecule has 0 aromatic rings. The van der Waals surface area contributed by atoms with Gasteiger partial charge in [0, 0.05) is 0 Å². The molecule has 1 spiro atoms. The van der Waals surface area contributed by atoms with Gasteiger partial charge in [0.05, 0.1) is 0 Å². The van der Waals surface area contributed by atoms with Gasteiger partial charge in [0.1, 0.15) is 0 Å². The molecule has 5 aliphatic carbocycles. The van der Waals surface area contributed by atoms with Crippen molar-refractivity contribution in [3.05, 3.63) is 0 Å². The van der Waals surface area contributed by atoms with E-state index in [-0.39, 0.29) is 0 Å². The lowest BCUT2D eigenvalue weighted by Gasteiger charge is -2.70. The first kappa shape index (κ1) is 6.48. The molecule has 7 atom stereocenters. The van der Waals surface area contributed by atoms with Gasteiger partial charge in [-0.3, -0.25) is 0 Å². The van der Waals surface area contributed by atoms with Crippen LogP contribution >= 0.6 is 0 Å². The van der Waals surface area contributed by atoms with Gasteiger partial charge in [0.25, 0.3) is 0 Å². The van der Waals surface area contributed by atoms with Gasteiger partial charge in [-0.15, -0.1) is 0 Å². The van der Waals surface area contributed by atoms with Crippen LogP contribution in [0.25, 0.3) is 0 Å². The minimum Gasteiger partial charge on any atom is -0.0591 e. The smallest absolute Gasteiger partial charge is 0.0258 e. The van der Waals surface area contributed by atoms with E-state index in [9.17, 15) is 0 Å². The zero-order valence-electron chi connectivity index (χ0n) is 8.42. The van der Waals surface area contributed by atoms with E-state index in [1.165, 1.54) is 29.6 Å². The quantitative estimate of drug-likeness (QED) is 0.529. The first-order valence-corrected chi connectivity index (χ1v) is 6.23. The van der Waals surface area contributed by atoms with Crippen molar-refractivity contribution in [3.8, 4) is 0 Å². The lowest BCUT2D eigenvalue weighted by molar-refractivity contribution is -0.217. The van der Waals surface area contributed by atoms with Crippen LogP contribution in [0.4, 0.5) is 0 Å². The van der Waals surface area contributed by atoms with Crippen LogP contribution in [-0.4, -0.2) is 0 Å². The Hall–Kier alpha value is 0. The van der Waals surface area contributed by atoms with Gasteiger partial charge >= 0.3 is 0 Å². The molecule has 0 heteroatoms. The highest BCUT2D eigenvalue weighted by molar-refractivity contribution is 5.27. The van der Waals surface area contributed by atoms with Crippen molar-refractivity contribution in [2.24, 2.45) is 40.4 Å². The van der Waals surface area contributed by atoms with E-state index in [1.54, 1.807) is 32.1 Å². The molecule has 0 heterocycles. The Morgan fingerprint density at radius 1 is 0.923 bits per heavy atom. The second-order valence-corrected chi connectivity index (χ2v) is 7.16. The summed E-state index contributed by atoms with van der Waals surface area (Å²) in [4.78, 5) is 0. The fourth-order valence-electron chi connectivity index (χ4n) is 6.88. The molecule has 5 fully saturated rings. The molecule has 13 heavy (non-hydrogen) atoms. The van der Waals surface area contributed by atoms with Crippen molar-refractivity contribution in [1.29, 1.82) is 0 Å². The van der Waals surface area contributed by atoms with Crippen molar-refractivity contribution in [2.45, 2.75) is 39.0 Å². The number of hydrogen-bond acceptors (Lipinski definition) is 0. The summed E-state index contributed by atoms with van der Waals surface area (Å²) in [5, 5.41) is 0. The summed E-state index contributed by atoms with van der Waals surface area (Å²) in [7, 11) is 0. The first-order valence-electron chi connectivity index (χ1n) is 6.23. The molecule has 0 aromatic carbocycles. The number of hydrogen-bond donors (Lipinski definition) is 0. The maximum absolute atomic E-state index is 2.63. The molecule has 4 bridgehead atoms. The summed E-state index contributed by atoms with van der Waals surface area (Å²) in [6.45, 7) is 2.63. The minimum absolute atomic E-state index is 0.853. The van der Waals surface area contributed by atoms with Gasteiger partial charge in [-0.2, -0.15) is 0 Å². The van der Waals surface area contributed by atoms with Crippen LogP contribution < -0.4 is 0 Å². The van der Waals surface area contributed by atoms with E-state index in [0.717, 1.165) is 10.8 Å². The molecule has 0 amide bonds. The molecule has 0 aliphatic heterocycles. The molecule has 0 saturated heterocycles. The SMILES string of the molecule is CC12CC3C4CC1C1CC3(C4)CC12. The van der Waals surface area contributed by atoms with Crippen LogP contribution in [-0.2, 0) is 0 Å². The topological polar surface area (TPSA) is 0 Å². The second kappa shape index (κ2) is 1.42. The van der Waals surface area contributed by atoms with E-state index in [4.69, 9.17) is 0 Å². The van der Waals surface area contributed by atoms with Crippen LogP contribution in [0, 0.1) is 40.4 Å². The van der Waals surface area contributed by atoms with Crippen LogP contribution in [0.15, 0.2) is 0 Å². The monoisotopic (exact) mass is 174 g/mol. The Bertz CT molecular complexity index is 316. The van der Waals surface area contributed by atoms with Crippen LogP contribution in [0.5, 0.6) is 0 Å². The fourth-order valence-corrected chi connectivity index (χ4v) is 6.88. The summed E-state index contributed by atoms with van der Waals surface area (Å²) in [5.41, 5.74) is 1.79. The average molecular weight is 174 g/mol. The number of rotatable bonds is 0. The van der Waals surface area contributed by atoms with Crippen molar-refractivity contribution >= 4 is 0 Å². The summed E-state index contributed by atoms with van der Waals surface area (Å²) in [6, 6.07) is 0. The van der Waals surface area contributed by atoms with E-state index >= 15 is 0 Å². The maximum atomic E-state index is 2.63. The Kier molecular flexibility index (Phi) is 0.707. The van der Waals surface area contributed by atoms with Gasteiger partial charge in [-0.25, -0.2) is 0 Å². The standard InChI is InChI=1S/C13H18/c1-12-5-10-7-2-9(12)8-4-13(10,3-7)6-11(8)12/h7-11H,2-6H2,1H3. The van der Waals surface area contributed by atoms with E-state index < -0.39 is 0 Å². The molecule has 7 unspecified atom stereocenters. The third-order valence-electron chi connectivity index (χ3n) is 7.24. The lowest BCUT2D eigenvalue weighted by Crippen LogP contribution is -2.63. The molecule has 5 aliphatic rings. The molecular formula is C13H18. The minimum atomic E-state index is 0.853. The molecule has 70 valence electrons. The molecular weight excluding hydrogens is 156 g/mol. The van der Waals surface area contributed by atoms with Gasteiger partial charge in [-0.1, -0.05) is 6.92 Å². The van der Waals surface area contributed by atoms with E-state index in [0.29, 0.717) is 0 Å². The molecule has 5 saturated carbocycles. The molecule has 0 nitrogen and oxygen atoms in total. The first-order chi connectivity index (χ1) is 6.23. The maximum Gasteiger partial charge on any atom is -0.0258 e. The highest BCUT2D eigenvalue weighted by atomic mass is 14.8. The molecule has 0 aromatic heterocycles. The molecule has 5 rings (SSSR count). The lowest BCUT2D eigenvalue weighted by atomic mass is 9.34. The van der Waals surface area contributed by atoms with Crippen molar-refractivity contribution in [2.75, 3.05) is 0 Å². The second-order valence-electron chi connectivity index (χ2n) is 7.16. The average Bonchev–Trinajstić information content (AvgIpc) is 2.20. The highest BCUT2D eigenvalue weighted by Crippen LogP contribution is 2.86. The van der Waals surface area contributed by atoms with Gasteiger partial charge in [-0.05, 0) is 72.5 Å². The summed E-state index contributed by atoms with van der Waals surface area (Å²) in [5.74, 6) is 5.99. The van der Waals surface area contributed by atoms with E-state index in [1.807, 2.05) is 0 Å². The zero-order valence-corrected chi connectivity index (χ0v) is 8.42. The van der Waals surface area contributed by atoms with Gasteiger partial charge in [0.15, 0.2) is 0 Å². The summed E-state index contributed by atoms with van der Waals surface area (Å²) >= 11 is 0. The Balaban J connectivity index is 1.80. The van der Waals surface area contributed by atoms with Gasteiger partial charge in [0.2, 0.25) is 0 Å². The Labute approximate surface area is 80.1 Å². The van der Waals surface area contributed by atoms with Crippen LogP contribution in [0.3, 0.4) is 0 Å². The fraction of sp³-hybridized carbons (Fsp3) is 1.00. The van der Waals surface area contributed by atoms with Gasteiger partial charge < -0.3 is 0 Å². The Morgan fingerprint density at radius 3 is 2.77 bits per heavy atom. The third kappa shape index (κ3) is 0.412. The zero-order chi connectivity index (χ0) is 8.42. The van der Waals surface area contributed by atoms with Crippen LogP contribution in [0.1, 0.15) is 39.0 Å². The van der Waals surface area contributed by atoms with Crippen molar-refractivity contribution < 1.29 is 0 Å². The summed E-state index contributed by atoms with van der Waals surface area (Å²) in [6.07, 6.45) is 8.26. The molecule has 0 N–H and O–H groups in total. The van der Waals surface area contributed by atoms with E-state index in [2.05, 4.69) is 6.92 Å². The molecule has 0 radical (unpaired) electrons. The third-order valence-corrected chi connectivity index (χ3v) is 7.24. The largest absolute Gasteiger partial charge is 0.0591 e. The summed E-state index contributed by atoms with van der Waals surface area (Å²) < 4.78 is 0. The highest BCUT2D eigenvalue weighted by Gasteiger charge is 2.78. The number of fused-ring (bicyclic) bond motifs is 1. The van der Waals surface area contributed by atoms with Crippen molar-refractivity contribution in [3.63, 3.8) is 0 Å². The Morgan fingerprint density at radius 2 is 1.85 bits per heavy atom. The van der Waals surface area contributed by atoms with Crippen LogP contribution in [0.2, 0.25) is 0 Å².